The third-order valence-corrected chi connectivity index (χ3v) is 3.49. The lowest BCUT2D eigenvalue weighted by Crippen LogP contribution is -2.16. The average Bonchev–Trinajstić information content (AvgIpc) is 2.32. The monoisotopic (exact) mass is 286 g/mol. The first-order chi connectivity index (χ1) is 8.47. The number of hydrogen-bond donors (Lipinski definition) is 2. The van der Waals surface area contributed by atoms with Crippen LogP contribution < -0.4 is 10.3 Å². The van der Waals surface area contributed by atoms with Crippen molar-refractivity contribution in [1.29, 1.82) is 0 Å². The van der Waals surface area contributed by atoms with E-state index in [0.717, 1.165) is 6.07 Å². The summed E-state index contributed by atoms with van der Waals surface area (Å²) in [6, 6.07) is 4.90. The van der Waals surface area contributed by atoms with Crippen LogP contribution in [-0.4, -0.2) is 23.6 Å². The molecule has 18 heavy (non-hydrogen) atoms. The molecule has 0 spiro atoms. The second kappa shape index (κ2) is 4.75. The molecular formula is C9H7ClN4O3S. The molecule has 7 nitrogen and oxygen atoms in total. The Kier molecular flexibility index (Phi) is 3.30. The van der Waals surface area contributed by atoms with Gasteiger partial charge in [0.25, 0.3) is 15.6 Å². The van der Waals surface area contributed by atoms with Crippen molar-refractivity contribution in [3.8, 4) is 0 Å². The van der Waals surface area contributed by atoms with Crippen LogP contribution in [0, 0.1) is 0 Å². The van der Waals surface area contributed by atoms with Crippen LogP contribution in [0.15, 0.2) is 40.2 Å². The smallest absolute Gasteiger partial charge is 0.264 e. The van der Waals surface area contributed by atoms with Crippen LogP contribution in [0.1, 0.15) is 0 Å². The Morgan fingerprint density at radius 3 is 2.67 bits per heavy atom. The summed E-state index contributed by atoms with van der Waals surface area (Å²) >= 11 is 5.61. The van der Waals surface area contributed by atoms with Crippen LogP contribution >= 0.6 is 11.6 Å². The fraction of sp³-hybridized carbons (Fsp3) is 0. The van der Waals surface area contributed by atoms with Crippen molar-refractivity contribution < 1.29 is 8.42 Å². The largest absolute Gasteiger partial charge is 0.268 e. The number of nitrogens with one attached hydrogen (secondary N) is 2. The maximum Gasteiger partial charge on any atom is 0.264 e. The van der Waals surface area contributed by atoms with E-state index in [1.165, 1.54) is 24.4 Å². The Labute approximate surface area is 107 Å². The molecule has 0 amide bonds. The van der Waals surface area contributed by atoms with Crippen LogP contribution in [0.4, 0.5) is 5.82 Å². The van der Waals surface area contributed by atoms with Crippen molar-refractivity contribution in [2.75, 3.05) is 4.72 Å². The molecule has 2 heterocycles. The maximum absolute atomic E-state index is 11.9. The molecule has 0 radical (unpaired) electrons. The molecule has 9 heteroatoms. The molecule has 0 aliphatic rings. The van der Waals surface area contributed by atoms with E-state index in [1.54, 1.807) is 0 Å². The maximum atomic E-state index is 11.9. The number of nitrogens with zero attached hydrogens (tertiary/aromatic N) is 2. The van der Waals surface area contributed by atoms with Crippen LogP contribution in [-0.2, 0) is 10.0 Å². The van der Waals surface area contributed by atoms with Gasteiger partial charge in [-0.1, -0.05) is 11.6 Å². The standard InChI is InChI=1S/C9H7ClN4O3S/c10-7-5-6(3-4-11-7)18(16,17)14-8-1-2-9(15)13-12-8/h1-5H,(H,12,14)(H,13,15). The summed E-state index contributed by atoms with van der Waals surface area (Å²) in [6.45, 7) is 0. The van der Waals surface area contributed by atoms with Crippen molar-refractivity contribution in [1.82, 2.24) is 15.2 Å². The lowest BCUT2D eigenvalue weighted by molar-refractivity contribution is 0.600. The minimum Gasteiger partial charge on any atom is -0.268 e. The Morgan fingerprint density at radius 2 is 2.06 bits per heavy atom. The number of aromatic nitrogens is 3. The molecule has 2 N–H and O–H groups in total. The molecule has 2 aromatic heterocycles. The predicted molar refractivity (Wildman–Crippen MR) is 64.9 cm³/mol. The molecule has 94 valence electrons. The lowest BCUT2D eigenvalue weighted by Gasteiger charge is -2.06. The van der Waals surface area contributed by atoms with Gasteiger partial charge in [-0.05, 0) is 18.2 Å². The van der Waals surface area contributed by atoms with E-state index in [0.29, 0.717) is 0 Å². The minimum absolute atomic E-state index is 0.00235. The summed E-state index contributed by atoms with van der Waals surface area (Å²) in [4.78, 5) is 14.4. The van der Waals surface area contributed by atoms with E-state index in [4.69, 9.17) is 11.6 Å². The first-order valence-corrected chi connectivity index (χ1v) is 6.53. The Balaban J connectivity index is 2.33. The third-order valence-electron chi connectivity index (χ3n) is 1.93. The normalized spacial score (nSPS) is 11.2. The van der Waals surface area contributed by atoms with E-state index in [9.17, 15) is 13.2 Å². The van der Waals surface area contributed by atoms with E-state index < -0.39 is 15.6 Å². The molecule has 0 atom stereocenters. The summed E-state index contributed by atoms with van der Waals surface area (Å²) < 4.78 is 26.0. The van der Waals surface area contributed by atoms with Gasteiger partial charge < -0.3 is 0 Å². The zero-order valence-corrected chi connectivity index (χ0v) is 10.4. The highest BCUT2D eigenvalue weighted by molar-refractivity contribution is 7.92. The van der Waals surface area contributed by atoms with Crippen LogP contribution in [0.5, 0.6) is 0 Å². The van der Waals surface area contributed by atoms with Gasteiger partial charge in [0.2, 0.25) is 0 Å². The van der Waals surface area contributed by atoms with Gasteiger partial charge >= 0.3 is 0 Å². The lowest BCUT2D eigenvalue weighted by atomic mass is 10.5. The van der Waals surface area contributed by atoms with Crippen LogP contribution in [0.25, 0.3) is 0 Å². The van der Waals surface area contributed by atoms with Gasteiger partial charge in [0.1, 0.15) is 5.15 Å². The second-order valence-corrected chi connectivity index (χ2v) is 5.30. The number of pyridine rings is 1. The fourth-order valence-corrected chi connectivity index (χ4v) is 2.40. The zero-order chi connectivity index (χ0) is 13.2. The number of aromatic amines is 1. The SMILES string of the molecule is O=c1ccc(NS(=O)(=O)c2ccnc(Cl)c2)n[nH]1. The molecule has 0 fully saturated rings. The zero-order valence-electron chi connectivity index (χ0n) is 8.79. The molecule has 2 aromatic rings. The highest BCUT2D eigenvalue weighted by Gasteiger charge is 2.15. The van der Waals surface area contributed by atoms with Gasteiger partial charge in [-0.3, -0.25) is 9.52 Å². The van der Waals surface area contributed by atoms with E-state index in [2.05, 4.69) is 19.9 Å². The highest BCUT2D eigenvalue weighted by atomic mass is 35.5. The number of rotatable bonds is 3. The van der Waals surface area contributed by atoms with E-state index in [1.807, 2.05) is 0 Å². The molecule has 0 unspecified atom stereocenters. The van der Waals surface area contributed by atoms with Gasteiger partial charge in [0, 0.05) is 12.3 Å². The highest BCUT2D eigenvalue weighted by Crippen LogP contribution is 2.15. The minimum atomic E-state index is -3.81. The van der Waals surface area contributed by atoms with Crippen molar-refractivity contribution in [3.05, 3.63) is 46.0 Å². The number of halogens is 1. The number of hydrogen-bond acceptors (Lipinski definition) is 5. The van der Waals surface area contributed by atoms with Gasteiger partial charge in [0.15, 0.2) is 5.82 Å². The summed E-state index contributed by atoms with van der Waals surface area (Å²) in [7, 11) is -3.81. The van der Waals surface area contributed by atoms with Gasteiger partial charge in [-0.25, -0.2) is 18.5 Å². The predicted octanol–water partition coefficient (Wildman–Crippen LogP) is 0.619. The Bertz CT molecular complexity index is 708. The summed E-state index contributed by atoms with van der Waals surface area (Å²) in [6.07, 6.45) is 1.27. The number of anilines is 1. The topological polar surface area (TPSA) is 105 Å². The number of sulfonamides is 1. The molecule has 0 saturated heterocycles. The van der Waals surface area contributed by atoms with E-state index >= 15 is 0 Å². The van der Waals surface area contributed by atoms with Crippen molar-refractivity contribution >= 4 is 27.4 Å². The van der Waals surface area contributed by atoms with Crippen LogP contribution in [0.2, 0.25) is 5.15 Å². The van der Waals surface area contributed by atoms with Crippen LogP contribution in [0.3, 0.4) is 0 Å². The Morgan fingerprint density at radius 1 is 1.28 bits per heavy atom. The van der Waals surface area contributed by atoms with Gasteiger partial charge in [0.05, 0.1) is 4.90 Å². The Hall–Kier alpha value is -1.93. The van der Waals surface area contributed by atoms with Crippen molar-refractivity contribution in [3.63, 3.8) is 0 Å². The van der Waals surface area contributed by atoms with Crippen molar-refractivity contribution in [2.24, 2.45) is 0 Å². The molecule has 0 bridgehead atoms. The van der Waals surface area contributed by atoms with E-state index in [-0.39, 0.29) is 15.9 Å². The summed E-state index contributed by atoms with van der Waals surface area (Å²) in [5.74, 6) is 0.00235. The summed E-state index contributed by atoms with van der Waals surface area (Å²) in [5, 5.41) is 5.71. The third kappa shape index (κ3) is 2.84. The molecule has 0 saturated carbocycles. The summed E-state index contributed by atoms with van der Waals surface area (Å²) in [5.41, 5.74) is -0.426. The molecule has 0 aliphatic carbocycles. The molecular weight excluding hydrogens is 280 g/mol. The second-order valence-electron chi connectivity index (χ2n) is 3.23. The first kappa shape index (κ1) is 12.5. The number of H-pyrrole nitrogens is 1. The average molecular weight is 287 g/mol. The molecule has 2 rings (SSSR count). The fourth-order valence-electron chi connectivity index (χ4n) is 1.15. The first-order valence-electron chi connectivity index (χ1n) is 4.67. The van der Waals surface area contributed by atoms with Gasteiger partial charge in [-0.2, -0.15) is 5.10 Å². The molecule has 0 aromatic carbocycles. The molecule has 0 aliphatic heterocycles. The van der Waals surface area contributed by atoms with Gasteiger partial charge in [-0.15, -0.1) is 0 Å². The van der Waals surface area contributed by atoms with Crippen molar-refractivity contribution in [2.45, 2.75) is 4.90 Å². The quantitative estimate of drug-likeness (QED) is 0.805.